The molecule has 0 amide bonds. The smallest absolute Gasteiger partial charge is 0.0324 e. The number of nitrogens with zero attached hydrogens (tertiary/aromatic N) is 1. The van der Waals surface area contributed by atoms with E-state index in [1.54, 1.807) is 0 Å². The van der Waals surface area contributed by atoms with Crippen molar-refractivity contribution in [2.24, 2.45) is 5.73 Å². The van der Waals surface area contributed by atoms with Crippen molar-refractivity contribution >= 4 is 11.3 Å². The van der Waals surface area contributed by atoms with Gasteiger partial charge < -0.3 is 10.6 Å². The quantitative estimate of drug-likeness (QED) is 0.782. The van der Waals surface area contributed by atoms with Crippen LogP contribution in [0.3, 0.4) is 0 Å². The first kappa shape index (κ1) is 10.7. The number of hydrogen-bond acceptors (Lipinski definition) is 3. The van der Waals surface area contributed by atoms with E-state index < -0.39 is 0 Å². The van der Waals surface area contributed by atoms with Gasteiger partial charge in [0.15, 0.2) is 0 Å². The molecule has 1 aromatic heterocycles. The van der Waals surface area contributed by atoms with Crippen molar-refractivity contribution < 1.29 is 0 Å². The highest BCUT2D eigenvalue weighted by Gasteiger charge is 2.01. The van der Waals surface area contributed by atoms with Gasteiger partial charge in [-0.25, -0.2) is 0 Å². The topological polar surface area (TPSA) is 29.3 Å². The van der Waals surface area contributed by atoms with E-state index in [9.17, 15) is 0 Å². The average molecular weight is 198 g/mol. The fraction of sp³-hybridized carbons (Fsp3) is 0.600. The molecule has 0 aliphatic rings. The second-order valence-electron chi connectivity index (χ2n) is 3.39. The Morgan fingerprint density at radius 1 is 1.46 bits per heavy atom. The minimum atomic E-state index is 0.786. The van der Waals surface area contributed by atoms with Crippen molar-refractivity contribution in [1.29, 1.82) is 0 Å². The molecule has 3 heteroatoms. The van der Waals surface area contributed by atoms with E-state index in [2.05, 4.69) is 31.0 Å². The van der Waals surface area contributed by atoms with Crippen molar-refractivity contribution in [3.63, 3.8) is 0 Å². The normalized spacial score (nSPS) is 11.1. The Morgan fingerprint density at radius 2 is 2.23 bits per heavy atom. The van der Waals surface area contributed by atoms with Gasteiger partial charge >= 0.3 is 0 Å². The second kappa shape index (κ2) is 5.37. The highest BCUT2D eigenvalue weighted by atomic mass is 32.1. The monoisotopic (exact) mass is 198 g/mol. The number of thiophene rings is 1. The zero-order valence-electron chi connectivity index (χ0n) is 8.42. The molecule has 0 saturated heterocycles. The molecule has 0 atom stereocenters. The Labute approximate surface area is 84.4 Å². The maximum Gasteiger partial charge on any atom is 0.0324 e. The number of aryl methyl sites for hydroxylation is 1. The second-order valence-corrected chi connectivity index (χ2v) is 4.76. The summed E-state index contributed by atoms with van der Waals surface area (Å²) in [7, 11) is 2.14. The van der Waals surface area contributed by atoms with Gasteiger partial charge in [0.25, 0.3) is 0 Å². The molecule has 0 aliphatic carbocycles. The largest absolute Gasteiger partial charge is 0.330 e. The van der Waals surface area contributed by atoms with Gasteiger partial charge in [-0.15, -0.1) is 11.3 Å². The fourth-order valence-corrected chi connectivity index (χ4v) is 2.25. The molecule has 0 saturated carbocycles. The Kier molecular flexibility index (Phi) is 4.42. The van der Waals surface area contributed by atoms with Crippen LogP contribution in [0.1, 0.15) is 16.2 Å². The van der Waals surface area contributed by atoms with Crippen LogP contribution in [0, 0.1) is 6.92 Å². The summed E-state index contributed by atoms with van der Waals surface area (Å²) in [6.45, 7) is 5.08. The first-order chi connectivity index (χ1) is 6.22. The van der Waals surface area contributed by atoms with Crippen LogP contribution in [0.5, 0.6) is 0 Å². The molecule has 0 aliphatic heterocycles. The third-order valence-electron chi connectivity index (χ3n) is 1.97. The average Bonchev–Trinajstić information content (AvgIpc) is 2.48. The lowest BCUT2D eigenvalue weighted by Crippen LogP contribution is -2.20. The predicted molar refractivity (Wildman–Crippen MR) is 59.1 cm³/mol. The summed E-state index contributed by atoms with van der Waals surface area (Å²) in [5.41, 5.74) is 5.45. The van der Waals surface area contributed by atoms with Gasteiger partial charge in [-0.05, 0) is 45.6 Å². The summed E-state index contributed by atoms with van der Waals surface area (Å²) in [5, 5.41) is 0. The molecule has 0 spiro atoms. The number of nitrogens with two attached hydrogens (primary N) is 1. The van der Waals surface area contributed by atoms with Gasteiger partial charge in [-0.1, -0.05) is 0 Å². The van der Waals surface area contributed by atoms with Crippen LogP contribution >= 0.6 is 11.3 Å². The molecule has 0 aromatic carbocycles. The van der Waals surface area contributed by atoms with Crippen molar-refractivity contribution in [3.8, 4) is 0 Å². The molecule has 0 radical (unpaired) electrons. The number of hydrogen-bond donors (Lipinski definition) is 1. The van der Waals surface area contributed by atoms with E-state index >= 15 is 0 Å². The lowest BCUT2D eigenvalue weighted by atomic mass is 10.3. The lowest BCUT2D eigenvalue weighted by molar-refractivity contribution is 0.327. The highest BCUT2D eigenvalue weighted by molar-refractivity contribution is 7.11. The van der Waals surface area contributed by atoms with Crippen LogP contribution in [0.25, 0.3) is 0 Å². The maximum atomic E-state index is 5.45. The standard InChI is InChI=1S/C10H18N2S/c1-9-4-5-10(13-9)8-12(2)7-3-6-11/h4-5H,3,6-8,11H2,1-2H3. The molecule has 1 rings (SSSR count). The van der Waals surface area contributed by atoms with Gasteiger partial charge in [0.2, 0.25) is 0 Å². The summed E-state index contributed by atoms with van der Waals surface area (Å²) in [4.78, 5) is 5.15. The van der Waals surface area contributed by atoms with E-state index in [1.807, 2.05) is 11.3 Å². The van der Waals surface area contributed by atoms with Gasteiger partial charge in [-0.3, -0.25) is 0 Å². The molecule has 0 bridgehead atoms. The van der Waals surface area contributed by atoms with E-state index in [0.29, 0.717) is 0 Å². The molecular weight excluding hydrogens is 180 g/mol. The van der Waals surface area contributed by atoms with Crippen molar-refractivity contribution in [1.82, 2.24) is 4.90 Å². The summed E-state index contributed by atoms with van der Waals surface area (Å²) < 4.78 is 0. The molecule has 1 heterocycles. The van der Waals surface area contributed by atoms with E-state index in [4.69, 9.17) is 5.73 Å². The zero-order chi connectivity index (χ0) is 9.68. The Bertz CT molecular complexity index is 245. The molecule has 13 heavy (non-hydrogen) atoms. The summed E-state index contributed by atoms with van der Waals surface area (Å²) in [6.07, 6.45) is 1.08. The van der Waals surface area contributed by atoms with Crippen molar-refractivity contribution in [3.05, 3.63) is 21.9 Å². The highest BCUT2D eigenvalue weighted by Crippen LogP contribution is 2.16. The van der Waals surface area contributed by atoms with Crippen LogP contribution in [0.4, 0.5) is 0 Å². The summed E-state index contributed by atoms with van der Waals surface area (Å²) >= 11 is 1.88. The first-order valence-electron chi connectivity index (χ1n) is 4.66. The van der Waals surface area contributed by atoms with Crippen LogP contribution in [0.15, 0.2) is 12.1 Å². The van der Waals surface area contributed by atoms with Crippen LogP contribution in [-0.4, -0.2) is 25.0 Å². The Morgan fingerprint density at radius 3 is 2.77 bits per heavy atom. The Hall–Kier alpha value is -0.380. The molecular formula is C10H18N2S. The third-order valence-corrected chi connectivity index (χ3v) is 2.95. The van der Waals surface area contributed by atoms with Crippen molar-refractivity contribution in [2.45, 2.75) is 19.9 Å². The summed E-state index contributed by atoms with van der Waals surface area (Å²) in [5.74, 6) is 0. The number of rotatable bonds is 5. The molecule has 1 aromatic rings. The minimum Gasteiger partial charge on any atom is -0.330 e. The summed E-state index contributed by atoms with van der Waals surface area (Å²) in [6, 6.07) is 4.38. The van der Waals surface area contributed by atoms with E-state index in [-0.39, 0.29) is 0 Å². The first-order valence-corrected chi connectivity index (χ1v) is 5.48. The Balaban J connectivity index is 2.31. The SMILES string of the molecule is Cc1ccc(CN(C)CCCN)s1. The molecule has 2 nitrogen and oxygen atoms in total. The molecule has 2 N–H and O–H groups in total. The fourth-order valence-electron chi connectivity index (χ4n) is 1.28. The zero-order valence-corrected chi connectivity index (χ0v) is 9.23. The van der Waals surface area contributed by atoms with Gasteiger partial charge in [-0.2, -0.15) is 0 Å². The van der Waals surface area contributed by atoms with Crippen molar-refractivity contribution in [2.75, 3.05) is 20.1 Å². The van der Waals surface area contributed by atoms with Gasteiger partial charge in [0.1, 0.15) is 0 Å². The predicted octanol–water partition coefficient (Wildman–Crippen LogP) is 1.84. The molecule has 74 valence electrons. The molecule has 0 unspecified atom stereocenters. The van der Waals surface area contributed by atoms with E-state index in [0.717, 1.165) is 26.1 Å². The van der Waals surface area contributed by atoms with Crippen LogP contribution in [-0.2, 0) is 6.54 Å². The lowest BCUT2D eigenvalue weighted by Gasteiger charge is -2.14. The minimum absolute atomic E-state index is 0.786. The van der Waals surface area contributed by atoms with Crippen LogP contribution in [0.2, 0.25) is 0 Å². The third kappa shape index (κ3) is 3.89. The van der Waals surface area contributed by atoms with Gasteiger partial charge in [0, 0.05) is 16.3 Å². The van der Waals surface area contributed by atoms with Gasteiger partial charge in [0.05, 0.1) is 0 Å². The van der Waals surface area contributed by atoms with Crippen LogP contribution < -0.4 is 5.73 Å². The molecule has 0 fully saturated rings. The maximum absolute atomic E-state index is 5.45. The van der Waals surface area contributed by atoms with E-state index in [1.165, 1.54) is 9.75 Å².